The second kappa shape index (κ2) is 17.3. The minimum Gasteiger partial charge on any atom is -0.311 e. The molecule has 0 radical (unpaired) electrons. The molecule has 0 fully saturated rings. The van der Waals surface area contributed by atoms with Crippen LogP contribution >= 0.6 is 0 Å². The Morgan fingerprint density at radius 1 is 0.317 bits per heavy atom. The van der Waals surface area contributed by atoms with Gasteiger partial charge in [-0.2, -0.15) is 10.5 Å². The third kappa shape index (κ3) is 8.37. The van der Waals surface area contributed by atoms with Gasteiger partial charge in [-0.25, -0.2) is 0 Å². The minimum absolute atomic E-state index is 0.541. The Bertz CT molecular complexity index is 2630. The van der Waals surface area contributed by atoms with Crippen molar-refractivity contribution in [1.29, 1.82) is 10.5 Å². The van der Waals surface area contributed by atoms with Crippen molar-refractivity contribution >= 4 is 69.2 Å². The van der Waals surface area contributed by atoms with Crippen molar-refractivity contribution in [3.8, 4) is 12.1 Å². The van der Waals surface area contributed by atoms with Crippen LogP contribution in [0.25, 0.3) is 35.1 Å². The highest BCUT2D eigenvalue weighted by atomic mass is 15.1. The topological polar surface area (TPSA) is 54.1 Å². The summed E-state index contributed by atoms with van der Waals surface area (Å²) >= 11 is 0. The van der Waals surface area contributed by atoms with Crippen LogP contribution < -0.4 is 9.80 Å². The minimum atomic E-state index is 0.541. The highest BCUT2D eigenvalue weighted by Crippen LogP contribution is 2.37. The third-order valence-electron chi connectivity index (χ3n) is 10.9. The fourth-order valence-corrected chi connectivity index (χ4v) is 7.48. The van der Waals surface area contributed by atoms with E-state index >= 15 is 0 Å². The van der Waals surface area contributed by atoms with E-state index < -0.39 is 0 Å². The lowest BCUT2D eigenvalue weighted by Gasteiger charge is -2.26. The largest absolute Gasteiger partial charge is 0.311 e. The fourth-order valence-electron chi connectivity index (χ4n) is 7.48. The van der Waals surface area contributed by atoms with Crippen LogP contribution in [0.5, 0.6) is 0 Å². The summed E-state index contributed by atoms with van der Waals surface area (Å²) in [6, 6.07) is 63.8. The van der Waals surface area contributed by atoms with Crippen LogP contribution in [0.4, 0.5) is 34.1 Å². The Kier molecular flexibility index (Phi) is 11.2. The van der Waals surface area contributed by atoms with E-state index in [1.807, 2.05) is 48.6 Å². The average molecular weight is 773 g/mol. The quantitative estimate of drug-likeness (QED) is 0.130. The predicted molar refractivity (Wildman–Crippen MR) is 252 cm³/mol. The van der Waals surface area contributed by atoms with Crippen LogP contribution in [0.15, 0.2) is 170 Å². The van der Waals surface area contributed by atoms with Crippen LogP contribution in [0.3, 0.4) is 0 Å². The zero-order valence-corrected chi connectivity index (χ0v) is 34.3. The Labute approximate surface area is 353 Å². The van der Waals surface area contributed by atoms with Crippen LogP contribution in [0.1, 0.15) is 55.6 Å². The molecule has 60 heavy (non-hydrogen) atoms. The molecule has 0 aliphatic carbocycles. The molecule has 288 valence electrons. The molecule has 4 nitrogen and oxygen atoms in total. The molecule has 8 aromatic carbocycles. The molecule has 0 amide bonds. The second-order valence-electron chi connectivity index (χ2n) is 15.2. The summed E-state index contributed by atoms with van der Waals surface area (Å²) < 4.78 is 0. The zero-order chi connectivity index (χ0) is 41.6. The van der Waals surface area contributed by atoms with Crippen molar-refractivity contribution in [2.24, 2.45) is 0 Å². The number of fused-ring (bicyclic) bond motifs is 1. The van der Waals surface area contributed by atoms with Gasteiger partial charge in [0.15, 0.2) is 0 Å². The van der Waals surface area contributed by atoms with Crippen molar-refractivity contribution in [3.05, 3.63) is 225 Å². The summed E-state index contributed by atoms with van der Waals surface area (Å²) in [5, 5.41) is 22.3. The Morgan fingerprint density at radius 3 is 0.817 bits per heavy atom. The molecule has 0 saturated carbocycles. The number of rotatable bonds is 10. The van der Waals surface area contributed by atoms with E-state index in [1.54, 1.807) is 0 Å². The monoisotopic (exact) mass is 772 g/mol. The van der Waals surface area contributed by atoms with Crippen molar-refractivity contribution in [3.63, 3.8) is 0 Å². The Morgan fingerprint density at radius 2 is 0.567 bits per heavy atom. The third-order valence-corrected chi connectivity index (χ3v) is 10.9. The van der Waals surface area contributed by atoms with Gasteiger partial charge in [0.1, 0.15) is 12.1 Å². The first kappa shape index (κ1) is 38.9. The molecule has 0 aliphatic heterocycles. The number of nitrogens with zero attached hydrogens (tertiary/aromatic N) is 4. The lowest BCUT2D eigenvalue weighted by atomic mass is 9.93. The normalized spacial score (nSPS) is 11.2. The summed E-state index contributed by atoms with van der Waals surface area (Å²) in [5.41, 5.74) is 16.0. The molecule has 4 heteroatoms. The fraction of sp³-hybridized carbons (Fsp3) is 0.0714. The highest BCUT2D eigenvalue weighted by Gasteiger charge is 2.15. The maximum atomic E-state index is 10.4. The molecule has 0 N–H and O–H groups in total. The number of aryl methyl sites for hydroxylation is 4. The van der Waals surface area contributed by atoms with Gasteiger partial charge >= 0.3 is 0 Å². The molecule has 0 saturated heterocycles. The first-order valence-corrected chi connectivity index (χ1v) is 20.1. The number of hydrogen-bond donors (Lipinski definition) is 0. The molecule has 0 unspecified atom stereocenters. The summed E-state index contributed by atoms with van der Waals surface area (Å²) in [5.74, 6) is 0. The van der Waals surface area contributed by atoms with E-state index in [9.17, 15) is 10.5 Å². The molecule has 0 bridgehead atoms. The predicted octanol–water partition coefficient (Wildman–Crippen LogP) is 15.1. The zero-order valence-electron chi connectivity index (χ0n) is 34.3. The number of hydrogen-bond acceptors (Lipinski definition) is 4. The van der Waals surface area contributed by atoms with Crippen LogP contribution in [0, 0.1) is 50.4 Å². The molecule has 0 aliphatic rings. The maximum absolute atomic E-state index is 10.4. The Balaban J connectivity index is 1.03. The van der Waals surface area contributed by atoms with Crippen LogP contribution in [0.2, 0.25) is 0 Å². The van der Waals surface area contributed by atoms with E-state index in [-0.39, 0.29) is 0 Å². The second-order valence-corrected chi connectivity index (χ2v) is 15.2. The lowest BCUT2D eigenvalue weighted by molar-refractivity contribution is 1.27. The van der Waals surface area contributed by atoms with Gasteiger partial charge in [0.05, 0.1) is 11.1 Å². The molecule has 0 heterocycles. The SMILES string of the molecule is Cc1ccc(N(c2ccc(C)cc2)c2ccc(/C=C/c3ccc4c(C#N)c(/C=C/c5ccc(N(c6ccc(C)cc6)c6ccc(C)cc6)cc5)ccc4c3C#N)cc2)cc1. The van der Waals surface area contributed by atoms with Gasteiger partial charge in [0.25, 0.3) is 0 Å². The molecule has 8 aromatic rings. The van der Waals surface area contributed by atoms with Crippen LogP contribution in [-0.2, 0) is 0 Å². The molecule has 0 atom stereocenters. The van der Waals surface area contributed by atoms with Crippen molar-refractivity contribution in [2.45, 2.75) is 27.7 Å². The maximum Gasteiger partial charge on any atom is 0.100 e. The standard InChI is InChI=1S/C56H44N4/c1-39-5-23-47(24-6-39)59(48-25-7-40(2)8-26-48)51-31-15-43(16-32-51)13-19-45-21-35-54-53(55(45)37-57)36-22-46(56(54)38-58)20-14-44-17-33-52(34-18-44)60(49-27-9-41(3)10-28-49)50-29-11-42(4)12-30-50/h5-36H,1-4H3/b19-13+,20-14+. The van der Waals surface area contributed by atoms with E-state index in [0.717, 1.165) is 67.2 Å². The van der Waals surface area contributed by atoms with E-state index in [0.29, 0.717) is 11.1 Å². The van der Waals surface area contributed by atoms with E-state index in [2.05, 4.69) is 195 Å². The first-order valence-electron chi connectivity index (χ1n) is 20.1. The molecule has 8 rings (SSSR count). The lowest BCUT2D eigenvalue weighted by Crippen LogP contribution is -2.09. The van der Waals surface area contributed by atoms with Gasteiger partial charge in [-0.05, 0) is 123 Å². The molecule has 0 aromatic heterocycles. The summed E-state index contributed by atoms with van der Waals surface area (Å²) in [6.07, 6.45) is 8.02. The van der Waals surface area contributed by atoms with E-state index in [1.165, 1.54) is 22.3 Å². The van der Waals surface area contributed by atoms with Crippen molar-refractivity contribution < 1.29 is 0 Å². The van der Waals surface area contributed by atoms with Gasteiger partial charge < -0.3 is 9.80 Å². The van der Waals surface area contributed by atoms with Gasteiger partial charge in [0.2, 0.25) is 0 Å². The number of anilines is 6. The van der Waals surface area contributed by atoms with E-state index in [4.69, 9.17) is 0 Å². The van der Waals surface area contributed by atoms with Gasteiger partial charge in [-0.3, -0.25) is 0 Å². The first-order chi connectivity index (χ1) is 29.3. The van der Waals surface area contributed by atoms with Crippen molar-refractivity contribution in [1.82, 2.24) is 0 Å². The molecular weight excluding hydrogens is 729 g/mol. The molecule has 0 spiro atoms. The summed E-state index contributed by atoms with van der Waals surface area (Å²) in [7, 11) is 0. The Hall–Kier alpha value is -7.92. The highest BCUT2D eigenvalue weighted by molar-refractivity contribution is 5.98. The smallest absolute Gasteiger partial charge is 0.100 e. The van der Waals surface area contributed by atoms with Gasteiger partial charge in [0, 0.05) is 44.9 Å². The number of nitriles is 2. The number of benzene rings is 8. The van der Waals surface area contributed by atoms with Gasteiger partial charge in [-0.15, -0.1) is 0 Å². The molecular formula is C56H44N4. The average Bonchev–Trinajstić information content (AvgIpc) is 3.28. The van der Waals surface area contributed by atoms with Gasteiger partial charge in [-0.1, -0.05) is 144 Å². The summed E-state index contributed by atoms with van der Waals surface area (Å²) in [4.78, 5) is 4.51. The van der Waals surface area contributed by atoms with Crippen molar-refractivity contribution in [2.75, 3.05) is 9.80 Å². The van der Waals surface area contributed by atoms with Crippen LogP contribution in [-0.4, -0.2) is 0 Å². The summed E-state index contributed by atoms with van der Waals surface area (Å²) in [6.45, 7) is 8.39.